The summed E-state index contributed by atoms with van der Waals surface area (Å²) in [5, 5.41) is 13.2. The maximum absolute atomic E-state index is 7.53. The van der Waals surface area contributed by atoms with Gasteiger partial charge in [0.25, 0.3) is 5.84 Å². The van der Waals surface area contributed by atoms with Crippen LogP contribution >= 0.6 is 0 Å². The van der Waals surface area contributed by atoms with E-state index in [2.05, 4.69) is 15.0 Å². The van der Waals surface area contributed by atoms with Crippen LogP contribution in [0.5, 0.6) is 0 Å². The third kappa shape index (κ3) is 2.51. The molecule has 0 bridgehead atoms. The summed E-state index contributed by atoms with van der Waals surface area (Å²) in [5.41, 5.74) is 15.6. The maximum atomic E-state index is 7.53. The van der Waals surface area contributed by atoms with Gasteiger partial charge in [-0.3, -0.25) is 16.6 Å². The zero-order valence-electron chi connectivity index (χ0n) is 13.8. The zero-order valence-corrected chi connectivity index (χ0v) is 13.8. The number of nitrogens with two attached hydrogens (primary N) is 4. The van der Waals surface area contributed by atoms with Crippen molar-refractivity contribution in [3.8, 4) is 0 Å². The van der Waals surface area contributed by atoms with Crippen LogP contribution in [0.2, 0.25) is 0 Å². The van der Waals surface area contributed by atoms with Gasteiger partial charge in [-0.05, 0) is 36.4 Å². The van der Waals surface area contributed by atoms with Gasteiger partial charge in [0.2, 0.25) is 0 Å². The number of nitrogens with one attached hydrogen (secondary N) is 2. The Morgan fingerprint density at radius 2 is 1.85 bits per heavy atom. The molecule has 4 aromatic rings. The number of H-pyrrole nitrogens is 1. The molecule has 0 aliphatic heterocycles. The normalized spacial score (nSPS) is 11.2. The Kier molecular flexibility index (Phi) is 3.36. The number of nitrogen functional groups attached to an aromatic ring is 2. The predicted molar refractivity (Wildman–Crippen MR) is 100 cm³/mol. The molecule has 0 radical (unpaired) electrons. The van der Waals surface area contributed by atoms with E-state index in [4.69, 9.17) is 28.1 Å². The SMILES string of the molecule is N=C(N)c1ccc2nc(Cc3nc4cc(C(N)=[NH2+])ccc4n3N)[nH]c2c1. The van der Waals surface area contributed by atoms with E-state index in [9.17, 15) is 0 Å². The molecule has 0 fully saturated rings. The smallest absolute Gasteiger partial charge is 0.270 e. The first-order chi connectivity index (χ1) is 12.4. The van der Waals surface area contributed by atoms with E-state index in [1.807, 2.05) is 12.1 Å². The van der Waals surface area contributed by atoms with Crippen molar-refractivity contribution in [1.29, 1.82) is 5.41 Å². The molecule has 130 valence electrons. The molecule has 9 nitrogen and oxygen atoms in total. The maximum Gasteiger partial charge on any atom is 0.270 e. The molecule has 0 aliphatic carbocycles. The van der Waals surface area contributed by atoms with Crippen LogP contribution in [-0.2, 0) is 6.42 Å². The molecule has 0 unspecified atom stereocenters. The van der Waals surface area contributed by atoms with Crippen molar-refractivity contribution in [2.24, 2.45) is 11.5 Å². The van der Waals surface area contributed by atoms with E-state index in [0.717, 1.165) is 16.6 Å². The van der Waals surface area contributed by atoms with E-state index in [-0.39, 0.29) is 11.7 Å². The molecule has 0 spiro atoms. The number of rotatable bonds is 4. The molecule has 0 amide bonds. The first-order valence-corrected chi connectivity index (χ1v) is 7.90. The fraction of sp³-hybridized carbons (Fsp3) is 0.0588. The standard InChI is InChI=1S/C17H17N9/c18-16(19)8-1-3-10-11(5-8)24-14(23-10)7-15-25-12-6-9(17(20)21)2-4-13(12)26(15)22/h1-6H,7,22H2,(H3,18,19)(H3,20,21)(H,23,24)/p+1. The number of fused-ring (bicyclic) bond motifs is 2. The van der Waals surface area contributed by atoms with Crippen LogP contribution in [0.4, 0.5) is 0 Å². The van der Waals surface area contributed by atoms with E-state index in [1.165, 1.54) is 4.68 Å². The minimum atomic E-state index is 0.0126. The Balaban J connectivity index is 1.72. The number of nitrogens with zero attached hydrogens (tertiary/aromatic N) is 3. The molecule has 9 heteroatoms. The second kappa shape index (κ2) is 5.59. The number of hydrogen-bond donors (Lipinski definition) is 6. The lowest BCUT2D eigenvalue weighted by molar-refractivity contribution is -0.114. The molecule has 0 saturated heterocycles. The van der Waals surface area contributed by atoms with Gasteiger partial charge in [-0.25, -0.2) is 14.6 Å². The summed E-state index contributed by atoms with van der Waals surface area (Å²) in [7, 11) is 0. The molecular formula is C17H18N9+. The van der Waals surface area contributed by atoms with Crippen LogP contribution in [0, 0.1) is 5.41 Å². The third-order valence-electron chi connectivity index (χ3n) is 4.26. The highest BCUT2D eigenvalue weighted by atomic mass is 15.3. The topological polar surface area (TPSA) is 174 Å². The van der Waals surface area contributed by atoms with Crippen molar-refractivity contribution >= 4 is 33.7 Å². The highest BCUT2D eigenvalue weighted by Gasteiger charge is 2.14. The second-order valence-corrected chi connectivity index (χ2v) is 6.06. The monoisotopic (exact) mass is 348 g/mol. The summed E-state index contributed by atoms with van der Waals surface area (Å²) in [6.07, 6.45) is 0.423. The molecule has 0 saturated carbocycles. The Bertz CT molecular complexity index is 1180. The van der Waals surface area contributed by atoms with Gasteiger partial charge in [0.15, 0.2) is 0 Å². The summed E-state index contributed by atoms with van der Waals surface area (Å²) in [4.78, 5) is 12.3. The van der Waals surface area contributed by atoms with Crippen molar-refractivity contribution in [3.05, 3.63) is 59.2 Å². The summed E-state index contributed by atoms with van der Waals surface area (Å²) < 4.78 is 1.53. The molecule has 0 aliphatic rings. The van der Waals surface area contributed by atoms with Crippen molar-refractivity contribution in [3.63, 3.8) is 0 Å². The van der Waals surface area contributed by atoms with Gasteiger partial charge in [0, 0.05) is 5.56 Å². The molecule has 0 atom stereocenters. The summed E-state index contributed by atoms with van der Waals surface area (Å²) in [5.74, 6) is 7.78. The zero-order chi connectivity index (χ0) is 18.4. The predicted octanol–water partition coefficient (Wildman–Crippen LogP) is -1.03. The van der Waals surface area contributed by atoms with Crippen molar-refractivity contribution in [1.82, 2.24) is 19.6 Å². The second-order valence-electron chi connectivity index (χ2n) is 6.06. The van der Waals surface area contributed by atoms with Gasteiger partial charge in [-0.15, -0.1) is 0 Å². The van der Waals surface area contributed by atoms with Crippen molar-refractivity contribution in [2.45, 2.75) is 6.42 Å². The average Bonchev–Trinajstić information content (AvgIpc) is 3.14. The Morgan fingerprint density at radius 3 is 2.58 bits per heavy atom. The number of aromatic amines is 1. The largest absolute Gasteiger partial charge is 0.384 e. The first-order valence-electron chi connectivity index (χ1n) is 7.90. The molecule has 4 rings (SSSR count). The summed E-state index contributed by atoms with van der Waals surface area (Å²) in [6.45, 7) is 0. The van der Waals surface area contributed by atoms with E-state index >= 15 is 0 Å². The van der Waals surface area contributed by atoms with Crippen LogP contribution in [-0.4, -0.2) is 31.3 Å². The molecule has 2 aromatic heterocycles. The number of aromatic nitrogens is 4. The Hall–Kier alpha value is -3.88. The summed E-state index contributed by atoms with van der Waals surface area (Å²) >= 11 is 0. The minimum Gasteiger partial charge on any atom is -0.384 e. The average molecular weight is 348 g/mol. The van der Waals surface area contributed by atoms with Gasteiger partial charge in [-0.2, -0.15) is 0 Å². The van der Waals surface area contributed by atoms with Crippen LogP contribution in [0.15, 0.2) is 36.4 Å². The van der Waals surface area contributed by atoms with Gasteiger partial charge in [0.1, 0.15) is 17.5 Å². The van der Waals surface area contributed by atoms with E-state index in [0.29, 0.717) is 34.7 Å². The van der Waals surface area contributed by atoms with Crippen molar-refractivity contribution in [2.75, 3.05) is 5.84 Å². The fourth-order valence-electron chi connectivity index (χ4n) is 2.92. The Labute approximate surface area is 147 Å². The van der Waals surface area contributed by atoms with Crippen LogP contribution < -0.4 is 22.7 Å². The highest BCUT2D eigenvalue weighted by Crippen LogP contribution is 2.19. The lowest BCUT2D eigenvalue weighted by Gasteiger charge is -2.00. The quantitative estimate of drug-likeness (QED) is 0.157. The van der Waals surface area contributed by atoms with E-state index in [1.54, 1.807) is 24.3 Å². The van der Waals surface area contributed by atoms with Gasteiger partial charge < -0.3 is 16.6 Å². The molecular weight excluding hydrogens is 330 g/mol. The number of hydrogen-bond acceptors (Lipinski definition) is 4. The third-order valence-corrected chi connectivity index (χ3v) is 4.26. The summed E-state index contributed by atoms with van der Waals surface area (Å²) in [6, 6.07) is 10.8. The van der Waals surface area contributed by atoms with Gasteiger partial charge in [0.05, 0.1) is 34.1 Å². The number of imidazole rings is 2. The minimum absolute atomic E-state index is 0.0126. The molecule has 10 N–H and O–H groups in total. The number of benzene rings is 2. The van der Waals surface area contributed by atoms with Crippen LogP contribution in [0.3, 0.4) is 0 Å². The van der Waals surface area contributed by atoms with Gasteiger partial charge >= 0.3 is 0 Å². The fourth-order valence-corrected chi connectivity index (χ4v) is 2.92. The lowest BCUT2D eigenvalue weighted by atomic mass is 10.2. The highest BCUT2D eigenvalue weighted by molar-refractivity contribution is 5.98. The van der Waals surface area contributed by atoms with E-state index < -0.39 is 0 Å². The molecule has 2 heterocycles. The number of amidine groups is 2. The van der Waals surface area contributed by atoms with Crippen LogP contribution in [0.25, 0.3) is 22.1 Å². The van der Waals surface area contributed by atoms with Crippen molar-refractivity contribution < 1.29 is 5.41 Å². The van der Waals surface area contributed by atoms with Gasteiger partial charge in [-0.1, -0.05) is 0 Å². The first kappa shape index (κ1) is 15.6. The lowest BCUT2D eigenvalue weighted by Crippen LogP contribution is -2.46. The van der Waals surface area contributed by atoms with Crippen LogP contribution in [0.1, 0.15) is 22.8 Å². The molecule has 2 aromatic carbocycles. The molecule has 26 heavy (non-hydrogen) atoms. The Morgan fingerprint density at radius 1 is 1.08 bits per heavy atom.